The van der Waals surface area contributed by atoms with E-state index in [2.05, 4.69) is 17.0 Å². The summed E-state index contributed by atoms with van der Waals surface area (Å²) in [6, 6.07) is 0. The van der Waals surface area contributed by atoms with Gasteiger partial charge in [-0.2, -0.15) is 0 Å². The first-order valence-electron chi connectivity index (χ1n) is 4.29. The summed E-state index contributed by atoms with van der Waals surface area (Å²) in [6.07, 6.45) is 0.343. The van der Waals surface area contributed by atoms with Gasteiger partial charge in [-0.15, -0.1) is 5.73 Å². The highest BCUT2D eigenvalue weighted by atomic mass is 16.8. The molecule has 0 aromatic heterocycles. The zero-order chi connectivity index (χ0) is 10.8. The van der Waals surface area contributed by atoms with Crippen molar-refractivity contribution < 1.29 is 19.0 Å². The monoisotopic (exact) mass is 198 g/mol. The van der Waals surface area contributed by atoms with Crippen molar-refractivity contribution in [3.63, 3.8) is 0 Å². The molecule has 0 aromatic carbocycles. The van der Waals surface area contributed by atoms with Gasteiger partial charge in [-0.1, -0.05) is 6.58 Å². The fourth-order valence-electron chi connectivity index (χ4n) is 1.33. The van der Waals surface area contributed by atoms with Crippen LogP contribution in [0.15, 0.2) is 18.4 Å². The van der Waals surface area contributed by atoms with Crippen LogP contribution in [0.25, 0.3) is 0 Å². The van der Waals surface area contributed by atoms with Crippen LogP contribution in [0.4, 0.5) is 0 Å². The molecule has 0 saturated carbocycles. The van der Waals surface area contributed by atoms with E-state index in [1.807, 2.05) is 0 Å². The number of esters is 1. The molecular formula is C10H14O4. The molecule has 1 aliphatic rings. The summed E-state index contributed by atoms with van der Waals surface area (Å²) in [5.74, 6) is -1.23. The minimum atomic E-state index is -0.781. The standard InChI is InChI=1S/C10H14O4/c1-5-6-7-8(9(11)12-4)14-10(2,3)13-7/h6-8H,1H2,2-4H3/t7?,8-/m1/s1. The van der Waals surface area contributed by atoms with E-state index < -0.39 is 24.0 Å². The SMILES string of the molecule is C=C=CC1OC(C)(C)O[C@H]1C(=O)OC. The summed E-state index contributed by atoms with van der Waals surface area (Å²) in [5, 5.41) is 0. The first-order valence-corrected chi connectivity index (χ1v) is 4.29. The van der Waals surface area contributed by atoms with E-state index in [-0.39, 0.29) is 0 Å². The first kappa shape index (κ1) is 11.0. The number of carbonyl (C=O) groups is 1. The van der Waals surface area contributed by atoms with Gasteiger partial charge in [0.25, 0.3) is 0 Å². The molecule has 0 bridgehead atoms. The largest absolute Gasteiger partial charge is 0.467 e. The molecule has 4 nitrogen and oxygen atoms in total. The van der Waals surface area contributed by atoms with Crippen molar-refractivity contribution >= 4 is 5.97 Å². The first-order chi connectivity index (χ1) is 6.50. The van der Waals surface area contributed by atoms with Gasteiger partial charge in [0, 0.05) is 0 Å². The van der Waals surface area contributed by atoms with E-state index in [4.69, 9.17) is 9.47 Å². The zero-order valence-corrected chi connectivity index (χ0v) is 8.57. The normalized spacial score (nSPS) is 29.4. The predicted octanol–water partition coefficient (Wildman–Crippen LogP) is 1.02. The van der Waals surface area contributed by atoms with E-state index in [1.54, 1.807) is 19.9 Å². The van der Waals surface area contributed by atoms with Crippen LogP contribution in [0, 0.1) is 0 Å². The second kappa shape index (κ2) is 3.96. The Balaban J connectivity index is 2.82. The maximum absolute atomic E-state index is 11.3. The number of hydrogen-bond donors (Lipinski definition) is 0. The van der Waals surface area contributed by atoms with Crippen molar-refractivity contribution in [3.05, 3.63) is 18.4 Å². The summed E-state index contributed by atoms with van der Waals surface area (Å²) in [7, 11) is 1.31. The number of ether oxygens (including phenoxy) is 3. The lowest BCUT2D eigenvalue weighted by molar-refractivity contribution is -0.167. The Morgan fingerprint density at radius 1 is 1.57 bits per heavy atom. The van der Waals surface area contributed by atoms with Crippen LogP contribution >= 0.6 is 0 Å². The van der Waals surface area contributed by atoms with Gasteiger partial charge in [-0.3, -0.25) is 0 Å². The van der Waals surface area contributed by atoms with Gasteiger partial charge in [0.15, 0.2) is 11.9 Å². The summed E-state index contributed by atoms with van der Waals surface area (Å²) in [5.41, 5.74) is 2.57. The third kappa shape index (κ3) is 2.23. The molecule has 0 N–H and O–H groups in total. The van der Waals surface area contributed by atoms with E-state index in [0.29, 0.717) is 0 Å². The molecule has 1 unspecified atom stereocenters. The minimum Gasteiger partial charge on any atom is -0.467 e. The molecule has 14 heavy (non-hydrogen) atoms. The fraction of sp³-hybridized carbons (Fsp3) is 0.600. The zero-order valence-electron chi connectivity index (χ0n) is 8.57. The van der Waals surface area contributed by atoms with Crippen LogP contribution in [-0.4, -0.2) is 31.1 Å². The molecule has 0 amide bonds. The van der Waals surface area contributed by atoms with Gasteiger partial charge in [0.1, 0.15) is 6.10 Å². The van der Waals surface area contributed by atoms with Crippen LogP contribution in [0.1, 0.15) is 13.8 Å². The van der Waals surface area contributed by atoms with Crippen LogP contribution in [0.2, 0.25) is 0 Å². The smallest absolute Gasteiger partial charge is 0.338 e. The van der Waals surface area contributed by atoms with E-state index in [1.165, 1.54) is 7.11 Å². The van der Waals surface area contributed by atoms with Gasteiger partial charge in [0.2, 0.25) is 0 Å². The lowest BCUT2D eigenvalue weighted by Gasteiger charge is -2.15. The number of hydrogen-bond acceptors (Lipinski definition) is 4. The Hall–Kier alpha value is -1.09. The number of rotatable bonds is 2. The van der Waals surface area contributed by atoms with Crippen LogP contribution in [0.3, 0.4) is 0 Å². The van der Waals surface area contributed by atoms with E-state index in [9.17, 15) is 4.79 Å². The van der Waals surface area contributed by atoms with Gasteiger partial charge in [0.05, 0.1) is 7.11 Å². The molecule has 1 heterocycles. The van der Waals surface area contributed by atoms with Crippen molar-refractivity contribution in [2.45, 2.75) is 31.8 Å². The number of carbonyl (C=O) groups excluding carboxylic acids is 1. The Bertz CT molecular complexity index is 276. The van der Waals surface area contributed by atoms with Crippen LogP contribution in [-0.2, 0) is 19.0 Å². The molecular weight excluding hydrogens is 184 g/mol. The van der Waals surface area contributed by atoms with Gasteiger partial charge in [-0.05, 0) is 19.9 Å². The maximum Gasteiger partial charge on any atom is 0.338 e. The van der Waals surface area contributed by atoms with Gasteiger partial charge in [-0.25, -0.2) is 4.79 Å². The van der Waals surface area contributed by atoms with E-state index in [0.717, 1.165) is 0 Å². The lowest BCUT2D eigenvalue weighted by Crippen LogP contribution is -2.31. The summed E-state index contributed by atoms with van der Waals surface area (Å²) in [6.45, 7) is 6.90. The Labute approximate surface area is 83.1 Å². The fourth-order valence-corrected chi connectivity index (χ4v) is 1.33. The Morgan fingerprint density at radius 2 is 2.21 bits per heavy atom. The maximum atomic E-state index is 11.3. The van der Waals surface area contributed by atoms with E-state index >= 15 is 0 Å². The Morgan fingerprint density at radius 3 is 2.71 bits per heavy atom. The van der Waals surface area contributed by atoms with Gasteiger partial charge < -0.3 is 14.2 Å². The highest BCUT2D eigenvalue weighted by molar-refractivity contribution is 5.76. The Kier molecular flexibility index (Phi) is 3.11. The lowest BCUT2D eigenvalue weighted by atomic mass is 10.2. The third-order valence-electron chi connectivity index (χ3n) is 1.84. The molecule has 4 heteroatoms. The molecule has 1 saturated heterocycles. The van der Waals surface area contributed by atoms with Crippen molar-refractivity contribution in [2.75, 3.05) is 7.11 Å². The molecule has 0 spiro atoms. The highest BCUT2D eigenvalue weighted by Crippen LogP contribution is 2.29. The van der Waals surface area contributed by atoms with Crippen LogP contribution in [0.5, 0.6) is 0 Å². The molecule has 2 atom stereocenters. The minimum absolute atomic E-state index is 0.452. The average molecular weight is 198 g/mol. The topological polar surface area (TPSA) is 44.8 Å². The van der Waals surface area contributed by atoms with Crippen molar-refractivity contribution in [3.8, 4) is 0 Å². The number of methoxy groups -OCH3 is 1. The predicted molar refractivity (Wildman–Crippen MR) is 49.6 cm³/mol. The molecule has 1 aliphatic heterocycles. The molecule has 0 aliphatic carbocycles. The van der Waals surface area contributed by atoms with Crippen molar-refractivity contribution in [1.82, 2.24) is 0 Å². The van der Waals surface area contributed by atoms with Crippen molar-refractivity contribution in [1.29, 1.82) is 0 Å². The van der Waals surface area contributed by atoms with Crippen molar-refractivity contribution in [2.24, 2.45) is 0 Å². The summed E-state index contributed by atoms with van der Waals surface area (Å²) < 4.78 is 15.4. The summed E-state index contributed by atoms with van der Waals surface area (Å²) >= 11 is 0. The highest BCUT2D eigenvalue weighted by Gasteiger charge is 2.44. The molecule has 78 valence electrons. The molecule has 1 rings (SSSR count). The molecule has 1 fully saturated rings. The summed E-state index contributed by atoms with van der Waals surface area (Å²) in [4.78, 5) is 11.3. The molecule has 0 radical (unpaired) electrons. The average Bonchev–Trinajstić information content (AvgIpc) is 2.41. The van der Waals surface area contributed by atoms with Gasteiger partial charge >= 0.3 is 5.97 Å². The second-order valence-electron chi connectivity index (χ2n) is 3.41. The third-order valence-corrected chi connectivity index (χ3v) is 1.84. The second-order valence-corrected chi connectivity index (χ2v) is 3.41. The molecule has 0 aromatic rings. The quantitative estimate of drug-likeness (QED) is 0.491. The van der Waals surface area contributed by atoms with Crippen LogP contribution < -0.4 is 0 Å².